The van der Waals surface area contributed by atoms with E-state index in [9.17, 15) is 8.42 Å². The SMILES string of the molecule is NC1(CS(=O)(=O)C2CCCC2)CC1. The lowest BCUT2D eigenvalue weighted by atomic mass is 10.4. The third-order valence-electron chi connectivity index (χ3n) is 3.19. The van der Waals surface area contributed by atoms with Gasteiger partial charge in [-0.2, -0.15) is 0 Å². The molecule has 2 N–H and O–H groups in total. The highest BCUT2D eigenvalue weighted by molar-refractivity contribution is 7.92. The molecule has 0 radical (unpaired) electrons. The van der Waals surface area contributed by atoms with Crippen molar-refractivity contribution in [2.75, 3.05) is 5.75 Å². The van der Waals surface area contributed by atoms with Crippen molar-refractivity contribution in [3.63, 3.8) is 0 Å². The minimum atomic E-state index is -2.88. The van der Waals surface area contributed by atoms with Crippen molar-refractivity contribution in [1.29, 1.82) is 0 Å². The molecule has 0 amide bonds. The van der Waals surface area contributed by atoms with Gasteiger partial charge in [0, 0.05) is 5.54 Å². The lowest BCUT2D eigenvalue weighted by molar-refractivity contribution is 0.569. The first-order valence-electron chi connectivity index (χ1n) is 5.02. The zero-order valence-electron chi connectivity index (χ0n) is 7.83. The van der Waals surface area contributed by atoms with Gasteiger partial charge >= 0.3 is 0 Å². The van der Waals surface area contributed by atoms with Crippen LogP contribution in [0.2, 0.25) is 0 Å². The molecule has 0 atom stereocenters. The Labute approximate surface area is 79.6 Å². The Kier molecular flexibility index (Phi) is 2.15. The zero-order chi connectivity index (χ0) is 9.53. The van der Waals surface area contributed by atoms with E-state index in [4.69, 9.17) is 5.73 Å². The van der Waals surface area contributed by atoms with E-state index in [1.54, 1.807) is 0 Å². The molecule has 0 heterocycles. The fourth-order valence-electron chi connectivity index (χ4n) is 2.07. The Morgan fingerprint density at radius 1 is 1.23 bits per heavy atom. The summed E-state index contributed by atoms with van der Waals surface area (Å²) in [6.07, 6.45) is 5.64. The third-order valence-corrected chi connectivity index (χ3v) is 5.66. The predicted octanol–water partition coefficient (Wildman–Crippen LogP) is 0.835. The summed E-state index contributed by atoms with van der Waals surface area (Å²) >= 11 is 0. The molecule has 0 aromatic carbocycles. The summed E-state index contributed by atoms with van der Waals surface area (Å²) in [5.74, 6) is 0.227. The Morgan fingerprint density at radius 2 is 1.77 bits per heavy atom. The van der Waals surface area contributed by atoms with Crippen LogP contribution in [0.25, 0.3) is 0 Å². The predicted molar refractivity (Wildman–Crippen MR) is 52.2 cm³/mol. The first-order chi connectivity index (χ1) is 6.02. The summed E-state index contributed by atoms with van der Waals surface area (Å²) in [6, 6.07) is 0. The van der Waals surface area contributed by atoms with Gasteiger partial charge in [-0.25, -0.2) is 8.42 Å². The molecule has 2 saturated carbocycles. The lowest BCUT2D eigenvalue weighted by Gasteiger charge is -2.14. The highest BCUT2D eigenvalue weighted by Crippen LogP contribution is 2.36. The zero-order valence-corrected chi connectivity index (χ0v) is 8.65. The molecule has 3 nitrogen and oxygen atoms in total. The molecule has 0 bridgehead atoms. The second-order valence-electron chi connectivity index (χ2n) is 4.58. The Hall–Kier alpha value is -0.0900. The Balaban J connectivity index is 2.02. The molecule has 2 aliphatic carbocycles. The third kappa shape index (κ3) is 2.05. The summed E-state index contributed by atoms with van der Waals surface area (Å²) in [7, 11) is -2.88. The van der Waals surface area contributed by atoms with Gasteiger partial charge in [0.2, 0.25) is 0 Å². The smallest absolute Gasteiger partial charge is 0.154 e. The van der Waals surface area contributed by atoms with Gasteiger partial charge in [-0.1, -0.05) is 12.8 Å². The van der Waals surface area contributed by atoms with Crippen LogP contribution in [0.1, 0.15) is 38.5 Å². The van der Waals surface area contributed by atoms with Crippen LogP contribution in [-0.4, -0.2) is 25.0 Å². The van der Waals surface area contributed by atoms with Crippen molar-refractivity contribution in [2.24, 2.45) is 5.73 Å². The minimum Gasteiger partial charge on any atom is -0.324 e. The summed E-state index contributed by atoms with van der Waals surface area (Å²) < 4.78 is 23.6. The first-order valence-corrected chi connectivity index (χ1v) is 6.74. The van der Waals surface area contributed by atoms with Gasteiger partial charge < -0.3 is 5.73 Å². The van der Waals surface area contributed by atoms with Crippen LogP contribution >= 0.6 is 0 Å². The van der Waals surface area contributed by atoms with Crippen LogP contribution < -0.4 is 5.73 Å². The molecule has 2 fully saturated rings. The van der Waals surface area contributed by atoms with Crippen LogP contribution in [0.5, 0.6) is 0 Å². The highest BCUT2D eigenvalue weighted by atomic mass is 32.2. The van der Waals surface area contributed by atoms with E-state index in [1.165, 1.54) is 0 Å². The fraction of sp³-hybridized carbons (Fsp3) is 1.00. The summed E-state index contributed by atoms with van der Waals surface area (Å²) in [5, 5.41) is -0.0754. The Bertz CT molecular complexity index is 287. The van der Waals surface area contributed by atoms with E-state index >= 15 is 0 Å². The summed E-state index contributed by atoms with van der Waals surface area (Å²) in [6.45, 7) is 0. The molecule has 2 rings (SSSR count). The molecular weight excluding hydrogens is 186 g/mol. The standard InChI is InChI=1S/C9H17NO2S/c10-9(5-6-9)7-13(11,12)8-3-1-2-4-8/h8H,1-7,10H2. The molecule has 0 spiro atoms. The maximum Gasteiger partial charge on any atom is 0.154 e. The number of sulfone groups is 1. The van der Waals surface area contributed by atoms with Gasteiger partial charge in [0.05, 0.1) is 11.0 Å². The highest BCUT2D eigenvalue weighted by Gasteiger charge is 2.44. The summed E-state index contributed by atoms with van der Waals surface area (Å²) in [5.41, 5.74) is 5.48. The van der Waals surface area contributed by atoms with Crippen LogP contribution in [0.3, 0.4) is 0 Å². The van der Waals surface area contributed by atoms with E-state index in [0.29, 0.717) is 0 Å². The van der Waals surface area contributed by atoms with E-state index in [2.05, 4.69) is 0 Å². The van der Waals surface area contributed by atoms with Crippen molar-refractivity contribution >= 4 is 9.84 Å². The van der Waals surface area contributed by atoms with Gasteiger partial charge in [-0.15, -0.1) is 0 Å². The second kappa shape index (κ2) is 2.95. The van der Waals surface area contributed by atoms with Crippen molar-refractivity contribution < 1.29 is 8.42 Å². The lowest BCUT2D eigenvalue weighted by Crippen LogP contribution is -2.35. The Morgan fingerprint density at radius 3 is 2.23 bits per heavy atom. The van der Waals surface area contributed by atoms with Crippen LogP contribution in [-0.2, 0) is 9.84 Å². The quantitative estimate of drug-likeness (QED) is 0.739. The monoisotopic (exact) mass is 203 g/mol. The van der Waals surface area contributed by atoms with Gasteiger partial charge in [0.1, 0.15) is 0 Å². The summed E-state index contributed by atoms with van der Waals surface area (Å²) in [4.78, 5) is 0. The van der Waals surface area contributed by atoms with Gasteiger partial charge in [-0.05, 0) is 25.7 Å². The molecule has 0 unspecified atom stereocenters. The average Bonchev–Trinajstić information content (AvgIpc) is 2.53. The number of rotatable bonds is 3. The fourth-order valence-corrected chi connectivity index (χ4v) is 4.45. The first kappa shape index (κ1) is 9.46. The van der Waals surface area contributed by atoms with E-state index in [1.807, 2.05) is 0 Å². The number of hydrogen-bond donors (Lipinski definition) is 1. The molecule has 4 heteroatoms. The van der Waals surface area contributed by atoms with Crippen molar-refractivity contribution in [3.8, 4) is 0 Å². The minimum absolute atomic E-state index is 0.0754. The molecule has 2 aliphatic rings. The molecular formula is C9H17NO2S. The van der Waals surface area contributed by atoms with Crippen molar-refractivity contribution in [1.82, 2.24) is 0 Å². The van der Waals surface area contributed by atoms with Gasteiger partial charge in [0.15, 0.2) is 9.84 Å². The van der Waals surface area contributed by atoms with Gasteiger partial charge in [0.25, 0.3) is 0 Å². The molecule has 0 aromatic heterocycles. The van der Waals surface area contributed by atoms with Gasteiger partial charge in [-0.3, -0.25) is 0 Å². The van der Waals surface area contributed by atoms with E-state index < -0.39 is 9.84 Å². The van der Waals surface area contributed by atoms with Crippen LogP contribution in [0.4, 0.5) is 0 Å². The van der Waals surface area contributed by atoms with Crippen LogP contribution in [0.15, 0.2) is 0 Å². The molecule has 13 heavy (non-hydrogen) atoms. The van der Waals surface area contributed by atoms with E-state index in [-0.39, 0.29) is 16.5 Å². The maximum atomic E-state index is 11.8. The molecule has 0 aliphatic heterocycles. The molecule has 76 valence electrons. The average molecular weight is 203 g/mol. The topological polar surface area (TPSA) is 60.2 Å². The number of nitrogens with two attached hydrogens (primary N) is 1. The molecule has 0 aromatic rings. The van der Waals surface area contributed by atoms with Crippen molar-refractivity contribution in [2.45, 2.75) is 49.3 Å². The molecule has 0 saturated heterocycles. The largest absolute Gasteiger partial charge is 0.324 e. The second-order valence-corrected chi connectivity index (χ2v) is 6.86. The van der Waals surface area contributed by atoms with Crippen molar-refractivity contribution in [3.05, 3.63) is 0 Å². The normalized spacial score (nSPS) is 27.8. The maximum absolute atomic E-state index is 11.8. The number of hydrogen-bond acceptors (Lipinski definition) is 3. The van der Waals surface area contributed by atoms with Crippen LogP contribution in [0, 0.1) is 0 Å². The van der Waals surface area contributed by atoms with E-state index in [0.717, 1.165) is 38.5 Å².